The summed E-state index contributed by atoms with van der Waals surface area (Å²) in [6.45, 7) is 2.56. The van der Waals surface area contributed by atoms with E-state index in [1.165, 1.54) is 0 Å². The van der Waals surface area contributed by atoms with Crippen molar-refractivity contribution in [2.24, 2.45) is 0 Å². The zero-order valence-electron chi connectivity index (χ0n) is 12.4. The minimum Gasteiger partial charge on any atom is -0.485 e. The summed E-state index contributed by atoms with van der Waals surface area (Å²) in [7, 11) is 1.61. The van der Waals surface area contributed by atoms with Gasteiger partial charge in [-0.25, -0.2) is 0 Å². The van der Waals surface area contributed by atoms with Gasteiger partial charge in [-0.1, -0.05) is 12.1 Å². The Balaban J connectivity index is 1.78. The number of para-hydroxylation sites is 2. The van der Waals surface area contributed by atoms with E-state index in [0.717, 1.165) is 0 Å². The predicted octanol–water partition coefficient (Wildman–Crippen LogP) is 0.357. The summed E-state index contributed by atoms with van der Waals surface area (Å²) in [5.74, 6) is 0.812. The summed E-state index contributed by atoms with van der Waals surface area (Å²) in [5.41, 5.74) is 5.11. The van der Waals surface area contributed by atoms with Gasteiger partial charge in [-0.15, -0.1) is 0 Å². The largest absolute Gasteiger partial charge is 0.485 e. The molecule has 2 rings (SSSR count). The fourth-order valence-electron chi connectivity index (χ4n) is 1.90. The molecular formula is C14H19N3O4S. The Morgan fingerprint density at radius 2 is 2.14 bits per heavy atom. The van der Waals surface area contributed by atoms with Gasteiger partial charge in [0.15, 0.2) is 16.6 Å². The Hall–Kier alpha value is -2.06. The molecule has 0 saturated heterocycles. The van der Waals surface area contributed by atoms with Crippen LogP contribution < -0.4 is 25.6 Å². The van der Waals surface area contributed by atoms with Crippen LogP contribution in [0.3, 0.4) is 0 Å². The van der Waals surface area contributed by atoms with Gasteiger partial charge in [0.2, 0.25) is 6.10 Å². The van der Waals surface area contributed by atoms with Crippen molar-refractivity contribution >= 4 is 23.2 Å². The number of carbonyl (C=O) groups is 1. The van der Waals surface area contributed by atoms with Crippen LogP contribution in [0.5, 0.6) is 11.5 Å². The van der Waals surface area contributed by atoms with E-state index in [0.29, 0.717) is 23.2 Å². The molecule has 2 atom stereocenters. The van der Waals surface area contributed by atoms with Crippen molar-refractivity contribution in [1.29, 1.82) is 0 Å². The van der Waals surface area contributed by atoms with Crippen LogP contribution in [0.2, 0.25) is 0 Å². The van der Waals surface area contributed by atoms with Crippen LogP contribution in [-0.2, 0) is 9.53 Å². The summed E-state index contributed by atoms with van der Waals surface area (Å²) in [5, 5.41) is 3.26. The van der Waals surface area contributed by atoms with Crippen molar-refractivity contribution in [2.75, 3.05) is 20.3 Å². The number of carbonyl (C=O) groups excluding carboxylic acids is 1. The summed E-state index contributed by atoms with van der Waals surface area (Å²) in [6, 6.07) is 7.23. The van der Waals surface area contributed by atoms with Gasteiger partial charge < -0.3 is 19.5 Å². The third-order valence-corrected chi connectivity index (χ3v) is 3.11. The Bertz CT molecular complexity index is 541. The number of hydrogen-bond donors (Lipinski definition) is 3. The molecule has 2 unspecified atom stereocenters. The first-order chi connectivity index (χ1) is 10.6. The van der Waals surface area contributed by atoms with Crippen LogP contribution in [0.15, 0.2) is 24.3 Å². The lowest BCUT2D eigenvalue weighted by atomic mass is 10.2. The first-order valence-electron chi connectivity index (χ1n) is 6.84. The van der Waals surface area contributed by atoms with E-state index in [1.54, 1.807) is 19.2 Å². The molecule has 7 nitrogen and oxygen atoms in total. The normalized spacial score (nSPS) is 17.3. The van der Waals surface area contributed by atoms with E-state index in [9.17, 15) is 4.79 Å². The molecule has 0 saturated carbocycles. The van der Waals surface area contributed by atoms with Crippen LogP contribution in [-0.4, -0.2) is 43.5 Å². The molecule has 1 amide bonds. The maximum absolute atomic E-state index is 12.0. The fraction of sp³-hybridized carbons (Fsp3) is 0.429. The molecule has 8 heteroatoms. The highest BCUT2D eigenvalue weighted by Crippen LogP contribution is 2.30. The molecular weight excluding hydrogens is 306 g/mol. The number of hydrogen-bond acceptors (Lipinski definition) is 5. The quantitative estimate of drug-likeness (QED) is 0.545. The van der Waals surface area contributed by atoms with Gasteiger partial charge in [0.05, 0.1) is 6.61 Å². The maximum atomic E-state index is 12.0. The van der Waals surface area contributed by atoms with Crippen LogP contribution in [0.1, 0.15) is 6.92 Å². The number of fused-ring (bicyclic) bond motifs is 1. The van der Waals surface area contributed by atoms with E-state index < -0.39 is 6.10 Å². The van der Waals surface area contributed by atoms with Gasteiger partial charge in [0.25, 0.3) is 5.91 Å². The molecule has 1 aromatic rings. The summed E-state index contributed by atoms with van der Waals surface area (Å²) >= 11 is 5.06. The molecule has 3 N–H and O–H groups in total. The van der Waals surface area contributed by atoms with Crippen molar-refractivity contribution in [3.8, 4) is 11.5 Å². The lowest BCUT2D eigenvalue weighted by molar-refractivity contribution is -0.130. The number of ether oxygens (including phenoxy) is 3. The number of methoxy groups -OCH3 is 1. The van der Waals surface area contributed by atoms with Gasteiger partial charge >= 0.3 is 0 Å². The number of nitrogens with one attached hydrogen (secondary N) is 3. The van der Waals surface area contributed by atoms with Crippen molar-refractivity contribution in [3.05, 3.63) is 24.3 Å². The van der Waals surface area contributed by atoms with E-state index in [-0.39, 0.29) is 18.6 Å². The van der Waals surface area contributed by atoms with Crippen molar-refractivity contribution < 1.29 is 19.0 Å². The van der Waals surface area contributed by atoms with E-state index in [4.69, 9.17) is 26.4 Å². The molecule has 120 valence electrons. The van der Waals surface area contributed by atoms with E-state index >= 15 is 0 Å². The molecule has 22 heavy (non-hydrogen) atoms. The van der Waals surface area contributed by atoms with E-state index in [1.807, 2.05) is 19.1 Å². The standard InChI is InChI=1S/C14H19N3O4S/c1-9(7-19-2)15-14(22)17-16-13(18)12-8-20-10-5-3-4-6-11(10)21-12/h3-6,9,12H,7-8H2,1-2H3,(H,16,18)(H2,15,17,22). The molecule has 1 aliphatic heterocycles. The topological polar surface area (TPSA) is 80.9 Å². The Labute approximate surface area is 134 Å². The highest BCUT2D eigenvalue weighted by Gasteiger charge is 2.27. The van der Waals surface area contributed by atoms with E-state index in [2.05, 4.69) is 16.2 Å². The zero-order valence-corrected chi connectivity index (χ0v) is 13.2. The maximum Gasteiger partial charge on any atom is 0.283 e. The number of amides is 1. The lowest BCUT2D eigenvalue weighted by Gasteiger charge is -2.26. The minimum atomic E-state index is -0.735. The summed E-state index contributed by atoms with van der Waals surface area (Å²) in [4.78, 5) is 12.0. The summed E-state index contributed by atoms with van der Waals surface area (Å²) in [6.07, 6.45) is -0.735. The molecule has 0 aliphatic carbocycles. The lowest BCUT2D eigenvalue weighted by Crippen LogP contribution is -2.54. The van der Waals surface area contributed by atoms with Gasteiger partial charge in [0.1, 0.15) is 6.61 Å². The second kappa shape index (κ2) is 7.81. The van der Waals surface area contributed by atoms with Crippen LogP contribution >= 0.6 is 12.2 Å². The zero-order chi connectivity index (χ0) is 15.9. The van der Waals surface area contributed by atoms with Gasteiger partial charge in [-0.05, 0) is 31.3 Å². The smallest absolute Gasteiger partial charge is 0.283 e. The highest BCUT2D eigenvalue weighted by atomic mass is 32.1. The Morgan fingerprint density at radius 3 is 2.86 bits per heavy atom. The number of benzene rings is 1. The van der Waals surface area contributed by atoms with Gasteiger partial charge in [0, 0.05) is 13.2 Å². The van der Waals surface area contributed by atoms with Crippen LogP contribution in [0, 0.1) is 0 Å². The molecule has 0 radical (unpaired) electrons. The molecule has 1 aliphatic rings. The second-order valence-electron chi connectivity index (χ2n) is 4.81. The van der Waals surface area contributed by atoms with Gasteiger partial charge in [-0.3, -0.25) is 15.6 Å². The first-order valence-corrected chi connectivity index (χ1v) is 7.24. The monoisotopic (exact) mass is 325 g/mol. The predicted molar refractivity (Wildman–Crippen MR) is 84.7 cm³/mol. The first kappa shape index (κ1) is 16.3. The SMILES string of the molecule is COCC(C)NC(=S)NNC(=O)C1COc2ccccc2O1. The molecule has 0 bridgehead atoms. The Kier molecular flexibility index (Phi) is 5.79. The molecule has 0 aromatic heterocycles. The third kappa shape index (κ3) is 4.47. The fourth-order valence-corrected chi connectivity index (χ4v) is 2.15. The average molecular weight is 325 g/mol. The highest BCUT2D eigenvalue weighted by molar-refractivity contribution is 7.80. The van der Waals surface area contributed by atoms with Crippen molar-refractivity contribution in [1.82, 2.24) is 16.2 Å². The summed E-state index contributed by atoms with van der Waals surface area (Å²) < 4.78 is 16.1. The number of hydrazine groups is 1. The Morgan fingerprint density at radius 1 is 1.41 bits per heavy atom. The number of rotatable bonds is 4. The van der Waals surface area contributed by atoms with Crippen LogP contribution in [0.25, 0.3) is 0 Å². The molecule has 1 heterocycles. The van der Waals surface area contributed by atoms with Gasteiger partial charge in [-0.2, -0.15) is 0 Å². The average Bonchev–Trinajstić information content (AvgIpc) is 2.52. The van der Waals surface area contributed by atoms with Crippen molar-refractivity contribution in [3.63, 3.8) is 0 Å². The molecule has 0 fully saturated rings. The number of thiocarbonyl (C=S) groups is 1. The van der Waals surface area contributed by atoms with Crippen LogP contribution in [0.4, 0.5) is 0 Å². The second-order valence-corrected chi connectivity index (χ2v) is 5.22. The van der Waals surface area contributed by atoms with Crippen molar-refractivity contribution in [2.45, 2.75) is 19.1 Å². The minimum absolute atomic E-state index is 0.0306. The molecule has 1 aromatic carbocycles. The third-order valence-electron chi connectivity index (χ3n) is 2.89. The molecule has 0 spiro atoms.